The number of halogens is 2. The second kappa shape index (κ2) is 7.01. The molecule has 1 rings (SSSR count). The number of carbonyl (C=O) groups excluding carboxylic acids is 1. The predicted molar refractivity (Wildman–Crippen MR) is 74.0 cm³/mol. The van der Waals surface area contributed by atoms with Gasteiger partial charge in [-0.15, -0.1) is 0 Å². The molecular weight excluding hydrogens is 352 g/mol. The number of benzene rings is 1. The summed E-state index contributed by atoms with van der Waals surface area (Å²) in [6.07, 6.45) is 0. The van der Waals surface area contributed by atoms with Gasteiger partial charge in [-0.05, 0) is 24.6 Å². The van der Waals surface area contributed by atoms with Crippen molar-refractivity contribution in [2.75, 3.05) is 13.7 Å². The van der Waals surface area contributed by atoms with Crippen LogP contribution in [0.1, 0.15) is 17.3 Å². The monoisotopic (exact) mass is 364 g/mol. The lowest BCUT2D eigenvalue weighted by molar-refractivity contribution is -0.142. The minimum atomic E-state index is -0.422. The summed E-state index contributed by atoms with van der Waals surface area (Å²) in [6, 6.07) is 7.55. The first-order valence-electron chi connectivity index (χ1n) is 5.18. The minimum Gasteiger partial charge on any atom is -0.497 e. The smallest absolute Gasteiger partial charge is 0.321 e. The van der Waals surface area contributed by atoms with Gasteiger partial charge in [-0.1, -0.05) is 44.0 Å². The number of hydrogen-bond donors (Lipinski definition) is 0. The zero-order valence-electron chi connectivity index (χ0n) is 9.65. The molecule has 17 heavy (non-hydrogen) atoms. The molecule has 1 aromatic carbocycles. The number of ether oxygens (including phenoxy) is 2. The quantitative estimate of drug-likeness (QED) is 0.592. The van der Waals surface area contributed by atoms with E-state index in [1.54, 1.807) is 14.0 Å². The van der Waals surface area contributed by atoms with Crippen molar-refractivity contribution in [2.24, 2.45) is 0 Å². The first-order chi connectivity index (χ1) is 8.10. The number of alkyl halides is 2. The molecule has 1 aromatic rings. The molecule has 0 radical (unpaired) electrons. The van der Waals surface area contributed by atoms with Gasteiger partial charge in [0.1, 0.15) is 10.6 Å². The van der Waals surface area contributed by atoms with Gasteiger partial charge in [0.05, 0.1) is 18.5 Å². The number of carbonyl (C=O) groups is 1. The van der Waals surface area contributed by atoms with Crippen LogP contribution >= 0.6 is 31.9 Å². The van der Waals surface area contributed by atoms with Gasteiger partial charge in [0.15, 0.2) is 0 Å². The van der Waals surface area contributed by atoms with Gasteiger partial charge in [-0.3, -0.25) is 4.79 Å². The topological polar surface area (TPSA) is 35.5 Å². The van der Waals surface area contributed by atoms with Gasteiger partial charge in [0.2, 0.25) is 0 Å². The van der Waals surface area contributed by atoms with E-state index in [-0.39, 0.29) is 10.8 Å². The van der Waals surface area contributed by atoms with E-state index in [1.807, 2.05) is 24.3 Å². The second-order valence-corrected chi connectivity index (χ2v) is 5.31. The van der Waals surface area contributed by atoms with Crippen molar-refractivity contribution in [3.8, 4) is 5.75 Å². The van der Waals surface area contributed by atoms with E-state index >= 15 is 0 Å². The van der Waals surface area contributed by atoms with Crippen molar-refractivity contribution in [1.29, 1.82) is 0 Å². The van der Waals surface area contributed by atoms with Gasteiger partial charge in [0.25, 0.3) is 0 Å². The van der Waals surface area contributed by atoms with Crippen LogP contribution in [0.2, 0.25) is 0 Å². The summed E-state index contributed by atoms with van der Waals surface area (Å²) in [5, 5.41) is 0. The number of esters is 1. The Hall–Kier alpha value is -0.550. The first-order valence-corrected chi connectivity index (χ1v) is 7.02. The normalized spacial score (nSPS) is 13.9. The van der Waals surface area contributed by atoms with Crippen LogP contribution in [0.25, 0.3) is 0 Å². The van der Waals surface area contributed by atoms with Gasteiger partial charge in [0, 0.05) is 0 Å². The molecule has 0 heterocycles. The molecule has 0 aliphatic rings. The van der Waals surface area contributed by atoms with E-state index in [0.29, 0.717) is 6.61 Å². The molecule has 0 saturated heterocycles. The van der Waals surface area contributed by atoms with E-state index in [1.165, 1.54) is 0 Å². The zero-order chi connectivity index (χ0) is 12.8. The number of rotatable bonds is 5. The Morgan fingerprint density at radius 3 is 2.71 bits per heavy atom. The molecule has 94 valence electrons. The predicted octanol–water partition coefficient (Wildman–Crippen LogP) is 3.46. The Morgan fingerprint density at radius 2 is 2.12 bits per heavy atom. The van der Waals surface area contributed by atoms with E-state index in [0.717, 1.165) is 11.3 Å². The van der Waals surface area contributed by atoms with Crippen LogP contribution in [0.5, 0.6) is 5.75 Å². The Morgan fingerprint density at radius 1 is 1.41 bits per heavy atom. The van der Waals surface area contributed by atoms with Crippen LogP contribution in [0.15, 0.2) is 24.3 Å². The molecule has 0 amide bonds. The SMILES string of the molecule is CCOC(=O)[C@H](Br)[C@H](Br)c1cccc(OC)c1. The fourth-order valence-corrected chi connectivity index (χ4v) is 2.26. The maximum Gasteiger partial charge on any atom is 0.321 e. The summed E-state index contributed by atoms with van der Waals surface area (Å²) in [7, 11) is 1.61. The highest BCUT2D eigenvalue weighted by Gasteiger charge is 2.26. The summed E-state index contributed by atoms with van der Waals surface area (Å²) in [6.45, 7) is 2.16. The number of hydrogen-bond acceptors (Lipinski definition) is 3. The Bertz CT molecular complexity index is 382. The lowest BCUT2D eigenvalue weighted by Gasteiger charge is -2.16. The fraction of sp³-hybridized carbons (Fsp3) is 0.417. The van der Waals surface area contributed by atoms with Crippen molar-refractivity contribution in [1.82, 2.24) is 0 Å². The van der Waals surface area contributed by atoms with Crippen molar-refractivity contribution < 1.29 is 14.3 Å². The molecule has 3 nitrogen and oxygen atoms in total. The minimum absolute atomic E-state index is 0.156. The van der Waals surface area contributed by atoms with Gasteiger partial charge in [-0.25, -0.2) is 0 Å². The highest BCUT2D eigenvalue weighted by atomic mass is 79.9. The maximum atomic E-state index is 11.6. The summed E-state index contributed by atoms with van der Waals surface area (Å²) in [5.41, 5.74) is 0.958. The highest BCUT2D eigenvalue weighted by molar-refractivity contribution is 9.12. The van der Waals surface area contributed by atoms with Crippen LogP contribution in [0, 0.1) is 0 Å². The van der Waals surface area contributed by atoms with Crippen molar-refractivity contribution >= 4 is 37.8 Å². The van der Waals surface area contributed by atoms with Gasteiger partial charge < -0.3 is 9.47 Å². The van der Waals surface area contributed by atoms with Crippen molar-refractivity contribution in [3.63, 3.8) is 0 Å². The third kappa shape index (κ3) is 4.00. The van der Waals surface area contributed by atoms with Crippen molar-refractivity contribution in [3.05, 3.63) is 29.8 Å². The van der Waals surface area contributed by atoms with Crippen molar-refractivity contribution in [2.45, 2.75) is 16.6 Å². The van der Waals surface area contributed by atoms with Crippen LogP contribution in [-0.2, 0) is 9.53 Å². The average molecular weight is 366 g/mol. The van der Waals surface area contributed by atoms with E-state index in [4.69, 9.17) is 9.47 Å². The van der Waals surface area contributed by atoms with Gasteiger partial charge in [-0.2, -0.15) is 0 Å². The molecule has 0 aliphatic carbocycles. The summed E-state index contributed by atoms with van der Waals surface area (Å²) in [5.74, 6) is 0.479. The first kappa shape index (κ1) is 14.5. The molecule has 0 aromatic heterocycles. The number of methoxy groups -OCH3 is 1. The van der Waals surface area contributed by atoms with Crippen LogP contribution in [0.4, 0.5) is 0 Å². The molecule has 0 aliphatic heterocycles. The zero-order valence-corrected chi connectivity index (χ0v) is 12.8. The molecule has 0 saturated carbocycles. The van der Waals surface area contributed by atoms with Crippen LogP contribution in [0.3, 0.4) is 0 Å². The van der Waals surface area contributed by atoms with E-state index < -0.39 is 4.83 Å². The molecule has 0 unspecified atom stereocenters. The van der Waals surface area contributed by atoms with E-state index in [9.17, 15) is 4.79 Å². The van der Waals surface area contributed by atoms with Crippen LogP contribution < -0.4 is 4.74 Å². The molecule has 0 spiro atoms. The lowest BCUT2D eigenvalue weighted by Crippen LogP contribution is -2.21. The third-order valence-corrected chi connectivity index (χ3v) is 4.85. The Balaban J connectivity index is 2.80. The molecule has 2 atom stereocenters. The second-order valence-electron chi connectivity index (χ2n) is 3.33. The summed E-state index contributed by atoms with van der Waals surface area (Å²) < 4.78 is 10.1. The standard InChI is InChI=1S/C12H14Br2O3/c1-3-17-12(15)11(14)10(13)8-5-4-6-9(7-8)16-2/h4-7,10-11H,3H2,1-2H3/t10-,11-/m1/s1. The largest absolute Gasteiger partial charge is 0.497 e. The molecule has 0 fully saturated rings. The molecule has 0 N–H and O–H groups in total. The average Bonchev–Trinajstić information content (AvgIpc) is 2.37. The highest BCUT2D eigenvalue weighted by Crippen LogP contribution is 2.33. The Kier molecular flexibility index (Phi) is 5.98. The molecule has 0 bridgehead atoms. The Labute approximate surface area is 118 Å². The van der Waals surface area contributed by atoms with Crippen LogP contribution in [-0.4, -0.2) is 24.5 Å². The lowest BCUT2D eigenvalue weighted by atomic mass is 10.1. The summed E-state index contributed by atoms with van der Waals surface area (Å²) in [4.78, 5) is 11.0. The van der Waals surface area contributed by atoms with E-state index in [2.05, 4.69) is 31.9 Å². The molecule has 5 heteroatoms. The molecular formula is C12H14Br2O3. The maximum absolute atomic E-state index is 11.6. The summed E-state index contributed by atoms with van der Waals surface area (Å²) >= 11 is 6.81. The third-order valence-electron chi connectivity index (χ3n) is 2.18. The van der Waals surface area contributed by atoms with Gasteiger partial charge >= 0.3 is 5.97 Å². The fourth-order valence-electron chi connectivity index (χ4n) is 1.32.